The van der Waals surface area contributed by atoms with E-state index in [0.29, 0.717) is 92.7 Å². The van der Waals surface area contributed by atoms with E-state index in [-0.39, 0.29) is 23.3 Å². The molecule has 2 aliphatic heterocycles. The highest BCUT2D eigenvalue weighted by molar-refractivity contribution is 6.11. The van der Waals surface area contributed by atoms with Gasteiger partial charge in [-0.1, -0.05) is 100 Å². The van der Waals surface area contributed by atoms with Crippen molar-refractivity contribution in [3.63, 3.8) is 0 Å². The van der Waals surface area contributed by atoms with E-state index in [4.69, 9.17) is 19.4 Å². The maximum absolute atomic E-state index is 13.9. The van der Waals surface area contributed by atoms with Gasteiger partial charge < -0.3 is 30.7 Å². The van der Waals surface area contributed by atoms with Gasteiger partial charge in [-0.2, -0.15) is 10.2 Å². The predicted octanol–water partition coefficient (Wildman–Crippen LogP) is 9.17. The van der Waals surface area contributed by atoms with Crippen molar-refractivity contribution in [2.75, 3.05) is 21.3 Å². The van der Waals surface area contributed by atoms with Crippen molar-refractivity contribution in [2.45, 2.75) is 78.4 Å². The third kappa shape index (κ3) is 8.15. The smallest absolute Gasteiger partial charge is 0.323 e. The molecule has 82 heavy (non-hydrogen) atoms. The lowest BCUT2D eigenvalue weighted by Gasteiger charge is -2.35. The lowest BCUT2D eigenvalue weighted by atomic mass is 9.66. The highest BCUT2D eigenvalue weighted by atomic mass is 16.6. The van der Waals surface area contributed by atoms with Gasteiger partial charge >= 0.3 is 18.0 Å². The average Bonchev–Trinajstić information content (AvgIpc) is 4.18. The molecule has 4 fully saturated rings. The monoisotopic (exact) mass is 1100 g/mol. The number of ether oxygens (including phenoxy) is 2. The summed E-state index contributed by atoms with van der Waals surface area (Å²) in [6, 6.07) is 33.8. The number of urea groups is 1. The highest BCUT2D eigenvalue weighted by Crippen LogP contribution is 2.67. The van der Waals surface area contributed by atoms with Crippen molar-refractivity contribution in [1.82, 2.24) is 30.8 Å². The third-order valence-corrected chi connectivity index (χ3v) is 18.0. The van der Waals surface area contributed by atoms with Gasteiger partial charge in [-0.25, -0.2) is 35.6 Å². The minimum Gasteiger partial charge on any atom is -0.448 e. The first kappa shape index (κ1) is 52.6. The fourth-order valence-electron chi connectivity index (χ4n) is 12.1. The van der Waals surface area contributed by atoms with Crippen LogP contribution in [0.25, 0.3) is 43.6 Å². The summed E-state index contributed by atoms with van der Waals surface area (Å²) in [5, 5.41) is 22.6. The number of aromatic nitrogens is 4. The number of fused-ring (bicyclic) bond motifs is 8. The first-order chi connectivity index (χ1) is 39.2. The number of pyridine rings is 4. The second kappa shape index (κ2) is 19.1. The molecule has 4 aromatic carbocycles. The molecule has 0 radical (unpaired) electrons. The molecule has 2 saturated heterocycles. The molecule has 21 nitrogen and oxygen atoms in total. The molecule has 8 aromatic rings. The van der Waals surface area contributed by atoms with E-state index in [0.717, 1.165) is 10.8 Å². The largest absolute Gasteiger partial charge is 0.448 e. The number of para-hydroxylation sites is 4. The number of nitrogens with zero attached hydrogens (tertiary/aromatic N) is 6. The first-order valence-corrected chi connectivity index (χ1v) is 26.6. The number of nitrogens with one attached hydrogen (secondary N) is 6. The van der Waals surface area contributed by atoms with Gasteiger partial charge in [0.1, 0.15) is 11.4 Å². The van der Waals surface area contributed by atoms with Gasteiger partial charge in [0.2, 0.25) is 0 Å². The normalized spacial score (nSPS) is 22.9. The van der Waals surface area contributed by atoms with Gasteiger partial charge in [0.15, 0.2) is 11.2 Å². The van der Waals surface area contributed by atoms with Crippen LogP contribution in [0.5, 0.6) is 0 Å². The van der Waals surface area contributed by atoms with Gasteiger partial charge in [0.05, 0.1) is 79.5 Å². The number of hydrazone groups is 2. The summed E-state index contributed by atoms with van der Waals surface area (Å²) in [6.45, 7) is 11.3. The minimum atomic E-state index is -1.32. The summed E-state index contributed by atoms with van der Waals surface area (Å²) in [6.07, 6.45) is 4.62. The van der Waals surface area contributed by atoms with E-state index in [1.807, 2.05) is 65.8 Å². The molecule has 0 unspecified atom stereocenters. The number of rotatable bonds is 12. The van der Waals surface area contributed by atoms with Gasteiger partial charge in [-0.3, -0.25) is 28.8 Å². The van der Waals surface area contributed by atoms with Crippen LogP contribution in [0.4, 0.5) is 27.5 Å². The van der Waals surface area contributed by atoms with Crippen molar-refractivity contribution < 1.29 is 43.0 Å². The average molecular weight is 1100 g/mol. The number of amides is 6. The van der Waals surface area contributed by atoms with E-state index >= 15 is 0 Å². The Balaban J connectivity index is 0.693. The molecule has 412 valence electrons. The van der Waals surface area contributed by atoms with Crippen LogP contribution >= 0.6 is 0 Å². The zero-order valence-electron chi connectivity index (χ0n) is 45.4. The molecule has 12 rings (SSSR count). The standard InChI is InChI=1S/C61H54N12O9/c1-56(2)58(5)27-29-60(56,81-53(58)78)51(76)68-39-15-7-11-33-19-23-37(64-45(33)39)31-62-72-49(74)43-25-21-35-13-9-17-41(47(35)66-43)70-55(80)71-42-18-10-14-36-22-26-44(67-48(36)42)50(75)73-63-32-38-24-20-34-12-8-16-40(46(34)65-38)69-52(77)61-30-28-59(6,54(79)82-61)57(61,3)4/h7-26,31-32H,27-30H2,1-6H3,(H,68,76)(H,69,77)(H,72,74)(H,73,75)(H2,70,71,80)/b62-31+,63-32+/t58-,59-,60+,61+/m0/s1. The Morgan fingerprint density at radius 2 is 0.780 bits per heavy atom. The van der Waals surface area contributed by atoms with Crippen LogP contribution in [-0.4, -0.2) is 85.2 Å². The van der Waals surface area contributed by atoms with Crippen LogP contribution in [0.3, 0.4) is 0 Å². The zero-order valence-corrected chi connectivity index (χ0v) is 45.4. The molecule has 6 heterocycles. The van der Waals surface area contributed by atoms with Crippen molar-refractivity contribution in [3.05, 3.63) is 144 Å². The fourth-order valence-corrected chi connectivity index (χ4v) is 12.1. The zero-order chi connectivity index (χ0) is 57.6. The topological polar surface area (TPSA) is 286 Å². The fraction of sp³-hybridized carbons (Fsp3) is 0.262. The summed E-state index contributed by atoms with van der Waals surface area (Å²) in [5.74, 6) is -2.87. The van der Waals surface area contributed by atoms with Crippen LogP contribution in [0.2, 0.25) is 0 Å². The lowest BCUT2D eigenvalue weighted by molar-refractivity contribution is -0.166. The number of anilines is 4. The molecular formula is C61H54N12O9. The summed E-state index contributed by atoms with van der Waals surface area (Å²) in [4.78, 5) is 113. The Morgan fingerprint density at radius 1 is 0.439 bits per heavy atom. The van der Waals surface area contributed by atoms with Crippen molar-refractivity contribution >= 4 is 120 Å². The SMILES string of the molecule is CC1(C)[C@@]2(C)CC[C@]1(C(=O)Nc1cccc3ccc(/C=N/NC(=O)c4ccc5cccc(NC(=O)Nc6cccc7ccc(C(=O)N/N=C/c8ccc9cccc(NC(=O)[C@@]%10%11CC[C@@](C)(C(=O)O%10)C%11(C)C)c9n8)nc67)c5n4)nc13)OC2=O. The second-order valence-electron chi connectivity index (χ2n) is 22.6. The van der Waals surface area contributed by atoms with Gasteiger partial charge in [-0.15, -0.1) is 0 Å². The van der Waals surface area contributed by atoms with Crippen LogP contribution in [0.15, 0.2) is 132 Å². The van der Waals surface area contributed by atoms with Crippen LogP contribution in [-0.2, 0) is 28.7 Å². The summed E-state index contributed by atoms with van der Waals surface area (Å²) >= 11 is 0. The quantitative estimate of drug-likeness (QED) is 0.0378. The number of hydrogen-bond acceptors (Lipinski definition) is 15. The molecule has 6 amide bonds. The molecule has 4 atom stereocenters. The Kier molecular flexibility index (Phi) is 12.2. The van der Waals surface area contributed by atoms with E-state index < -0.39 is 62.5 Å². The van der Waals surface area contributed by atoms with Gasteiger partial charge in [0.25, 0.3) is 23.6 Å². The number of benzene rings is 4. The molecule has 2 aliphatic carbocycles. The number of esters is 2. The summed E-state index contributed by atoms with van der Waals surface area (Å²) < 4.78 is 11.6. The third-order valence-electron chi connectivity index (χ3n) is 18.0. The Labute approximate surface area is 468 Å². The molecular weight excluding hydrogens is 1040 g/mol. The van der Waals surface area contributed by atoms with Crippen LogP contribution < -0.4 is 32.1 Å². The maximum atomic E-state index is 13.9. The van der Waals surface area contributed by atoms with Gasteiger partial charge in [0, 0.05) is 32.4 Å². The Bertz CT molecular complexity index is 3940. The molecule has 21 heteroatoms. The number of carbonyl (C=O) groups is 7. The van der Waals surface area contributed by atoms with E-state index in [2.05, 4.69) is 52.3 Å². The van der Waals surface area contributed by atoms with Gasteiger partial charge in [-0.05, 0) is 88.1 Å². The first-order valence-electron chi connectivity index (χ1n) is 26.6. The maximum Gasteiger partial charge on any atom is 0.323 e. The Morgan fingerprint density at radius 3 is 1.12 bits per heavy atom. The number of hydrogen-bond donors (Lipinski definition) is 6. The molecule has 4 aromatic heterocycles. The molecule has 2 saturated carbocycles. The molecule has 4 aliphatic rings. The highest BCUT2D eigenvalue weighted by Gasteiger charge is 2.77. The number of carbonyl (C=O) groups excluding carboxylic acids is 7. The lowest BCUT2D eigenvalue weighted by Crippen LogP contribution is -2.50. The van der Waals surface area contributed by atoms with Crippen LogP contribution in [0, 0.1) is 21.7 Å². The van der Waals surface area contributed by atoms with Crippen LogP contribution in [0.1, 0.15) is 99.6 Å². The predicted molar refractivity (Wildman–Crippen MR) is 307 cm³/mol. The summed E-state index contributed by atoms with van der Waals surface area (Å²) in [7, 11) is 0. The second-order valence-corrected chi connectivity index (χ2v) is 22.6. The molecule has 6 N–H and O–H groups in total. The Hall–Kier alpha value is -10.0. The molecule has 4 bridgehead atoms. The van der Waals surface area contributed by atoms with Crippen molar-refractivity contribution in [2.24, 2.45) is 31.9 Å². The van der Waals surface area contributed by atoms with Crippen molar-refractivity contribution in [3.8, 4) is 0 Å². The summed E-state index contributed by atoms with van der Waals surface area (Å²) in [5.41, 5.74) is 3.11. The van der Waals surface area contributed by atoms with Crippen molar-refractivity contribution in [1.29, 1.82) is 0 Å². The van der Waals surface area contributed by atoms with E-state index in [9.17, 15) is 33.6 Å². The minimum absolute atomic E-state index is 0.00546. The van der Waals surface area contributed by atoms with E-state index in [1.54, 1.807) is 84.9 Å². The molecule has 0 spiro atoms. The van der Waals surface area contributed by atoms with E-state index in [1.165, 1.54) is 24.6 Å².